The average molecular weight is 237 g/mol. The van der Waals surface area contributed by atoms with Crippen molar-refractivity contribution in [3.05, 3.63) is 35.9 Å². The van der Waals surface area contributed by atoms with Crippen LogP contribution in [0.3, 0.4) is 0 Å². The fraction of sp³-hybridized carbons (Fsp3) is 0.571. The molecule has 0 amide bonds. The van der Waals surface area contributed by atoms with E-state index in [0.717, 1.165) is 13.1 Å². The average Bonchev–Trinajstić information content (AvgIpc) is 2.82. The van der Waals surface area contributed by atoms with Crippen LogP contribution in [0.5, 0.6) is 0 Å². The quantitative estimate of drug-likeness (QED) is 0.763. The van der Waals surface area contributed by atoms with E-state index < -0.39 is 11.8 Å². The van der Waals surface area contributed by atoms with Gasteiger partial charge in [-0.05, 0) is 17.9 Å². The second-order valence-electron chi connectivity index (χ2n) is 5.35. The van der Waals surface area contributed by atoms with E-state index in [0.29, 0.717) is 13.0 Å². The fourth-order valence-electron chi connectivity index (χ4n) is 3.27. The molecule has 92 valence electrons. The molecule has 1 heterocycles. The molecule has 1 aromatic carbocycles. The normalized spacial score (nSPS) is 31.6. The number of halogens is 2. The van der Waals surface area contributed by atoms with Gasteiger partial charge in [-0.2, -0.15) is 0 Å². The van der Waals surface area contributed by atoms with Gasteiger partial charge in [-0.25, -0.2) is 8.78 Å². The summed E-state index contributed by atoms with van der Waals surface area (Å²) in [4.78, 5) is 2.18. The van der Waals surface area contributed by atoms with Gasteiger partial charge in [0.2, 0.25) is 0 Å². The summed E-state index contributed by atoms with van der Waals surface area (Å²) < 4.78 is 27.2. The zero-order valence-electron chi connectivity index (χ0n) is 9.78. The molecule has 1 aliphatic heterocycles. The van der Waals surface area contributed by atoms with Gasteiger partial charge in [0.15, 0.2) is 0 Å². The van der Waals surface area contributed by atoms with Gasteiger partial charge in [0.25, 0.3) is 5.92 Å². The summed E-state index contributed by atoms with van der Waals surface area (Å²) in [6, 6.07) is 10.1. The lowest BCUT2D eigenvalue weighted by Gasteiger charge is -2.20. The van der Waals surface area contributed by atoms with Crippen molar-refractivity contribution in [1.82, 2.24) is 4.90 Å². The fourth-order valence-corrected chi connectivity index (χ4v) is 3.27. The molecule has 1 saturated heterocycles. The smallest absolute Gasteiger partial charge is 0.252 e. The Bertz CT molecular complexity index is 390. The number of hydrogen-bond acceptors (Lipinski definition) is 1. The number of likely N-dealkylation sites (tertiary alicyclic amines) is 1. The summed E-state index contributed by atoms with van der Waals surface area (Å²) >= 11 is 0. The second kappa shape index (κ2) is 4.05. The van der Waals surface area contributed by atoms with Gasteiger partial charge >= 0.3 is 0 Å². The lowest BCUT2D eigenvalue weighted by molar-refractivity contribution is -0.0400. The minimum Gasteiger partial charge on any atom is -0.298 e. The van der Waals surface area contributed by atoms with Crippen LogP contribution in [0.2, 0.25) is 0 Å². The van der Waals surface area contributed by atoms with Gasteiger partial charge in [0, 0.05) is 32.0 Å². The molecule has 1 aliphatic carbocycles. The maximum Gasteiger partial charge on any atom is 0.252 e. The summed E-state index contributed by atoms with van der Waals surface area (Å²) in [6.45, 7) is 2.21. The molecule has 0 radical (unpaired) electrons. The van der Waals surface area contributed by atoms with E-state index in [1.165, 1.54) is 5.56 Å². The van der Waals surface area contributed by atoms with E-state index in [-0.39, 0.29) is 12.3 Å². The van der Waals surface area contributed by atoms with E-state index in [1.54, 1.807) is 0 Å². The molecule has 1 saturated carbocycles. The van der Waals surface area contributed by atoms with Gasteiger partial charge in [0.1, 0.15) is 0 Å². The van der Waals surface area contributed by atoms with Crippen molar-refractivity contribution >= 4 is 0 Å². The highest BCUT2D eigenvalue weighted by Crippen LogP contribution is 2.48. The largest absolute Gasteiger partial charge is 0.298 e. The zero-order chi connectivity index (χ0) is 11.9. The van der Waals surface area contributed by atoms with Crippen LogP contribution in [0.25, 0.3) is 0 Å². The third-order valence-electron chi connectivity index (χ3n) is 4.16. The number of fused-ring (bicyclic) bond motifs is 1. The van der Waals surface area contributed by atoms with Crippen molar-refractivity contribution in [3.8, 4) is 0 Å². The van der Waals surface area contributed by atoms with Gasteiger partial charge in [0.05, 0.1) is 0 Å². The monoisotopic (exact) mass is 237 g/mol. The maximum absolute atomic E-state index is 13.6. The van der Waals surface area contributed by atoms with Crippen LogP contribution in [0.4, 0.5) is 8.78 Å². The van der Waals surface area contributed by atoms with E-state index in [2.05, 4.69) is 17.0 Å². The van der Waals surface area contributed by atoms with Crippen LogP contribution < -0.4 is 0 Å². The maximum atomic E-state index is 13.6. The topological polar surface area (TPSA) is 3.24 Å². The van der Waals surface area contributed by atoms with E-state index in [9.17, 15) is 8.78 Å². The Labute approximate surface area is 100 Å². The van der Waals surface area contributed by atoms with Gasteiger partial charge in [-0.1, -0.05) is 30.3 Å². The van der Waals surface area contributed by atoms with Crippen molar-refractivity contribution in [3.63, 3.8) is 0 Å². The molecule has 0 N–H and O–H groups in total. The van der Waals surface area contributed by atoms with Crippen LogP contribution in [-0.4, -0.2) is 23.9 Å². The van der Waals surface area contributed by atoms with Crippen LogP contribution in [-0.2, 0) is 6.54 Å². The third-order valence-corrected chi connectivity index (χ3v) is 4.16. The summed E-state index contributed by atoms with van der Waals surface area (Å²) in [5.74, 6) is -2.60. The summed E-state index contributed by atoms with van der Waals surface area (Å²) in [6.07, 6.45) is 0.796. The van der Waals surface area contributed by atoms with Crippen molar-refractivity contribution in [2.45, 2.75) is 25.3 Å². The number of alkyl halides is 2. The molecule has 3 rings (SSSR count). The number of nitrogens with zero attached hydrogens (tertiary/aromatic N) is 1. The Balaban J connectivity index is 1.66. The summed E-state index contributed by atoms with van der Waals surface area (Å²) in [5, 5.41) is 0. The van der Waals surface area contributed by atoms with Crippen LogP contribution in [0.1, 0.15) is 18.4 Å². The molecule has 2 atom stereocenters. The first kappa shape index (κ1) is 11.1. The summed E-state index contributed by atoms with van der Waals surface area (Å²) in [7, 11) is 0. The highest BCUT2D eigenvalue weighted by molar-refractivity contribution is 5.15. The standard InChI is InChI=1S/C14H17F2N/c15-14(16)7-6-12-9-17(10-13(12)14)8-11-4-2-1-3-5-11/h1-5,12-13H,6-10H2/t12-,13+/m0/s1. The van der Waals surface area contributed by atoms with Crippen LogP contribution in [0, 0.1) is 11.8 Å². The van der Waals surface area contributed by atoms with Crippen molar-refractivity contribution in [1.29, 1.82) is 0 Å². The van der Waals surface area contributed by atoms with E-state index in [1.807, 2.05) is 18.2 Å². The molecule has 0 unspecified atom stereocenters. The molecule has 1 aromatic rings. The number of rotatable bonds is 2. The zero-order valence-corrected chi connectivity index (χ0v) is 9.78. The first-order valence-electron chi connectivity index (χ1n) is 6.29. The SMILES string of the molecule is FC1(F)CC[C@H]2CN(Cc3ccccc3)C[C@H]21. The molecule has 2 aliphatic rings. The van der Waals surface area contributed by atoms with Crippen LogP contribution >= 0.6 is 0 Å². The van der Waals surface area contributed by atoms with Crippen molar-refractivity contribution in [2.75, 3.05) is 13.1 Å². The Hall–Kier alpha value is -0.960. The third kappa shape index (κ3) is 2.08. The lowest BCUT2D eigenvalue weighted by atomic mass is 9.99. The highest BCUT2D eigenvalue weighted by atomic mass is 19.3. The Kier molecular flexibility index (Phi) is 2.66. The molecular formula is C14H17F2N. The molecule has 17 heavy (non-hydrogen) atoms. The van der Waals surface area contributed by atoms with Crippen molar-refractivity contribution < 1.29 is 8.78 Å². The Morgan fingerprint density at radius 1 is 1.18 bits per heavy atom. The molecule has 1 nitrogen and oxygen atoms in total. The minimum atomic E-state index is -2.42. The first-order chi connectivity index (χ1) is 8.15. The number of benzene rings is 1. The summed E-state index contributed by atoms with van der Waals surface area (Å²) in [5.41, 5.74) is 1.22. The van der Waals surface area contributed by atoms with Crippen molar-refractivity contribution in [2.24, 2.45) is 11.8 Å². The molecule has 0 aromatic heterocycles. The first-order valence-corrected chi connectivity index (χ1v) is 6.29. The van der Waals surface area contributed by atoms with Gasteiger partial charge < -0.3 is 0 Å². The Morgan fingerprint density at radius 2 is 1.94 bits per heavy atom. The van der Waals surface area contributed by atoms with Gasteiger partial charge in [-0.15, -0.1) is 0 Å². The molecule has 3 heteroatoms. The molecule has 0 spiro atoms. The molecular weight excluding hydrogens is 220 g/mol. The molecule has 2 fully saturated rings. The second-order valence-corrected chi connectivity index (χ2v) is 5.35. The van der Waals surface area contributed by atoms with Gasteiger partial charge in [-0.3, -0.25) is 4.90 Å². The minimum absolute atomic E-state index is 0.0987. The number of hydrogen-bond donors (Lipinski definition) is 0. The highest BCUT2D eigenvalue weighted by Gasteiger charge is 2.53. The predicted octanol–water partition coefficient (Wildman–Crippen LogP) is 3.16. The predicted molar refractivity (Wildman–Crippen MR) is 62.9 cm³/mol. The van der Waals surface area contributed by atoms with E-state index >= 15 is 0 Å². The molecule has 0 bridgehead atoms. The van der Waals surface area contributed by atoms with Crippen LogP contribution in [0.15, 0.2) is 30.3 Å². The lowest BCUT2D eigenvalue weighted by Crippen LogP contribution is -2.28. The Morgan fingerprint density at radius 3 is 2.65 bits per heavy atom. The van der Waals surface area contributed by atoms with E-state index in [4.69, 9.17) is 0 Å².